The van der Waals surface area contributed by atoms with E-state index in [4.69, 9.17) is 0 Å². The highest BCUT2D eigenvalue weighted by Gasteiger charge is 2.19. The van der Waals surface area contributed by atoms with Crippen LogP contribution in [0.25, 0.3) is 33.3 Å². The first-order chi connectivity index (χ1) is 12.7. The third-order valence-electron chi connectivity index (χ3n) is 5.07. The van der Waals surface area contributed by atoms with E-state index in [1.165, 1.54) is 11.1 Å². The molecule has 1 aromatic carbocycles. The van der Waals surface area contributed by atoms with Gasteiger partial charge in [0.25, 0.3) is 5.91 Å². The van der Waals surface area contributed by atoms with Crippen LogP contribution < -0.4 is 5.32 Å². The standard InChI is InChI=1S/C21H18N4O/c1-13-4-2-3-5-16(13)14-8-17-18(11-24-20(17)23-10-14)15-9-19-21(26)22-6-7-25(19)12-15/h2-5,8-12H,6-7H2,1H3,(H,22,26)(H,23,24). The molecule has 4 heterocycles. The van der Waals surface area contributed by atoms with E-state index in [0.717, 1.165) is 34.3 Å². The van der Waals surface area contributed by atoms with Crippen LogP contribution in [-0.4, -0.2) is 27.0 Å². The van der Waals surface area contributed by atoms with Crippen LogP contribution in [0.3, 0.4) is 0 Å². The molecule has 1 aliphatic heterocycles. The van der Waals surface area contributed by atoms with Gasteiger partial charge in [0.1, 0.15) is 11.3 Å². The maximum Gasteiger partial charge on any atom is 0.267 e. The quantitative estimate of drug-likeness (QED) is 0.583. The Morgan fingerprint density at radius 2 is 2.00 bits per heavy atom. The van der Waals surface area contributed by atoms with Gasteiger partial charge in [0.05, 0.1) is 0 Å². The molecule has 0 spiro atoms. The van der Waals surface area contributed by atoms with Crippen molar-refractivity contribution in [2.24, 2.45) is 0 Å². The average molecular weight is 342 g/mol. The first-order valence-electron chi connectivity index (χ1n) is 8.72. The fourth-order valence-corrected chi connectivity index (χ4v) is 3.70. The number of hydrogen-bond acceptors (Lipinski definition) is 2. The maximum atomic E-state index is 12.1. The predicted molar refractivity (Wildman–Crippen MR) is 102 cm³/mol. The first kappa shape index (κ1) is 15.0. The Bertz CT molecular complexity index is 1150. The normalized spacial score (nSPS) is 13.7. The molecular formula is C21H18N4O. The lowest BCUT2D eigenvalue weighted by atomic mass is 10.00. The van der Waals surface area contributed by atoms with E-state index in [0.29, 0.717) is 12.2 Å². The van der Waals surface area contributed by atoms with E-state index in [9.17, 15) is 4.79 Å². The van der Waals surface area contributed by atoms with E-state index in [-0.39, 0.29) is 5.91 Å². The van der Waals surface area contributed by atoms with Gasteiger partial charge in [-0.25, -0.2) is 4.98 Å². The molecule has 0 atom stereocenters. The number of H-pyrrole nitrogens is 1. The lowest BCUT2D eigenvalue weighted by Crippen LogP contribution is -2.34. The van der Waals surface area contributed by atoms with E-state index in [2.05, 4.69) is 46.6 Å². The number of nitrogens with zero attached hydrogens (tertiary/aromatic N) is 2. The molecule has 26 heavy (non-hydrogen) atoms. The highest BCUT2D eigenvalue weighted by molar-refractivity contribution is 5.99. The van der Waals surface area contributed by atoms with Crippen molar-refractivity contribution in [1.82, 2.24) is 19.9 Å². The smallest absolute Gasteiger partial charge is 0.267 e. The molecule has 1 amide bonds. The molecule has 0 saturated carbocycles. The number of pyridine rings is 1. The van der Waals surface area contributed by atoms with Crippen LogP contribution in [0.15, 0.2) is 55.0 Å². The summed E-state index contributed by atoms with van der Waals surface area (Å²) in [7, 11) is 0. The van der Waals surface area contributed by atoms with Crippen LogP contribution >= 0.6 is 0 Å². The minimum Gasteiger partial charge on any atom is -0.349 e. The molecular weight excluding hydrogens is 324 g/mol. The zero-order chi connectivity index (χ0) is 17.7. The molecule has 128 valence electrons. The number of carbonyl (C=O) groups excluding carboxylic acids is 1. The van der Waals surface area contributed by atoms with Crippen LogP contribution in [0.1, 0.15) is 16.1 Å². The van der Waals surface area contributed by atoms with Gasteiger partial charge in [0.2, 0.25) is 0 Å². The Kier molecular flexibility index (Phi) is 3.22. The number of fused-ring (bicyclic) bond motifs is 2. The van der Waals surface area contributed by atoms with E-state index in [1.807, 2.05) is 35.2 Å². The van der Waals surface area contributed by atoms with Crippen LogP contribution in [0.4, 0.5) is 0 Å². The van der Waals surface area contributed by atoms with E-state index < -0.39 is 0 Å². The lowest BCUT2D eigenvalue weighted by molar-refractivity contribution is 0.0928. The SMILES string of the molecule is Cc1ccccc1-c1cnc2[nH]cc(-c3cc4n(c3)CCNC4=O)c2c1. The topological polar surface area (TPSA) is 62.7 Å². The summed E-state index contributed by atoms with van der Waals surface area (Å²) in [5.41, 5.74) is 7.17. The third kappa shape index (κ3) is 2.24. The minimum atomic E-state index is -0.0129. The average Bonchev–Trinajstić information content (AvgIpc) is 3.26. The summed E-state index contributed by atoms with van der Waals surface area (Å²) in [6.07, 6.45) is 5.93. The van der Waals surface area contributed by atoms with Gasteiger partial charge in [-0.15, -0.1) is 0 Å². The molecule has 3 aromatic heterocycles. The van der Waals surface area contributed by atoms with Crippen molar-refractivity contribution in [3.05, 3.63) is 66.2 Å². The number of rotatable bonds is 2. The number of benzene rings is 1. The van der Waals surface area contributed by atoms with E-state index in [1.54, 1.807) is 0 Å². The van der Waals surface area contributed by atoms with Crippen molar-refractivity contribution in [3.8, 4) is 22.3 Å². The number of aromatic nitrogens is 3. The second-order valence-corrected chi connectivity index (χ2v) is 6.70. The molecule has 0 bridgehead atoms. The largest absolute Gasteiger partial charge is 0.349 e. The van der Waals surface area contributed by atoms with Gasteiger partial charge in [0.15, 0.2) is 0 Å². The van der Waals surface area contributed by atoms with Crippen molar-refractivity contribution in [2.75, 3.05) is 6.54 Å². The molecule has 4 aromatic rings. The summed E-state index contributed by atoms with van der Waals surface area (Å²) >= 11 is 0. The predicted octanol–water partition coefficient (Wildman–Crippen LogP) is 3.75. The number of aromatic amines is 1. The summed E-state index contributed by atoms with van der Waals surface area (Å²) in [6, 6.07) is 12.4. The minimum absolute atomic E-state index is 0.0129. The molecule has 2 N–H and O–H groups in total. The van der Waals surface area contributed by atoms with Gasteiger partial charge in [-0.2, -0.15) is 0 Å². The van der Waals surface area contributed by atoms with Gasteiger partial charge in [-0.05, 0) is 30.2 Å². The molecule has 5 heteroatoms. The Morgan fingerprint density at radius 3 is 2.85 bits per heavy atom. The van der Waals surface area contributed by atoms with Crippen molar-refractivity contribution >= 4 is 16.9 Å². The second kappa shape index (κ2) is 5.59. The Morgan fingerprint density at radius 1 is 1.12 bits per heavy atom. The summed E-state index contributed by atoms with van der Waals surface area (Å²) < 4.78 is 2.02. The van der Waals surface area contributed by atoms with Crippen molar-refractivity contribution in [3.63, 3.8) is 0 Å². The Labute approximate surface area is 150 Å². The van der Waals surface area contributed by atoms with Crippen molar-refractivity contribution in [1.29, 1.82) is 0 Å². The molecule has 5 nitrogen and oxygen atoms in total. The first-order valence-corrected chi connectivity index (χ1v) is 8.72. The van der Waals surface area contributed by atoms with Gasteiger partial charge >= 0.3 is 0 Å². The summed E-state index contributed by atoms with van der Waals surface area (Å²) in [6.45, 7) is 3.58. The lowest BCUT2D eigenvalue weighted by Gasteiger charge is -2.14. The van der Waals surface area contributed by atoms with Crippen molar-refractivity contribution < 1.29 is 4.79 Å². The Balaban J connectivity index is 1.67. The molecule has 0 unspecified atom stereocenters. The third-order valence-corrected chi connectivity index (χ3v) is 5.07. The summed E-state index contributed by atoms with van der Waals surface area (Å²) in [5.74, 6) is -0.0129. The number of aryl methyl sites for hydroxylation is 1. The van der Waals surface area contributed by atoms with Gasteiger partial charge < -0.3 is 14.9 Å². The number of carbonyl (C=O) groups is 1. The van der Waals surface area contributed by atoms with Crippen LogP contribution in [0, 0.1) is 6.92 Å². The van der Waals surface area contributed by atoms with E-state index >= 15 is 0 Å². The van der Waals surface area contributed by atoms with Gasteiger partial charge in [0, 0.05) is 53.8 Å². The van der Waals surface area contributed by atoms with Crippen molar-refractivity contribution in [2.45, 2.75) is 13.5 Å². The molecule has 0 saturated heterocycles. The highest BCUT2D eigenvalue weighted by Crippen LogP contribution is 2.33. The zero-order valence-corrected chi connectivity index (χ0v) is 14.4. The highest BCUT2D eigenvalue weighted by atomic mass is 16.2. The van der Waals surface area contributed by atoms with Crippen LogP contribution in [0.5, 0.6) is 0 Å². The number of hydrogen-bond donors (Lipinski definition) is 2. The molecule has 0 fully saturated rings. The maximum absolute atomic E-state index is 12.1. The fraction of sp³-hybridized carbons (Fsp3) is 0.143. The molecule has 1 aliphatic rings. The van der Waals surface area contributed by atoms with Crippen LogP contribution in [-0.2, 0) is 6.54 Å². The molecule has 0 radical (unpaired) electrons. The second-order valence-electron chi connectivity index (χ2n) is 6.70. The number of amides is 1. The summed E-state index contributed by atoms with van der Waals surface area (Å²) in [5, 5.41) is 3.95. The molecule has 0 aliphatic carbocycles. The number of nitrogens with one attached hydrogen (secondary N) is 2. The van der Waals surface area contributed by atoms with Gasteiger partial charge in [-0.1, -0.05) is 24.3 Å². The van der Waals surface area contributed by atoms with Crippen LogP contribution in [0.2, 0.25) is 0 Å². The summed E-state index contributed by atoms with van der Waals surface area (Å²) in [4.78, 5) is 19.9. The monoisotopic (exact) mass is 342 g/mol. The fourth-order valence-electron chi connectivity index (χ4n) is 3.70. The Hall–Kier alpha value is -3.34. The molecule has 5 rings (SSSR count). The zero-order valence-electron chi connectivity index (χ0n) is 14.4. The van der Waals surface area contributed by atoms with Gasteiger partial charge in [-0.3, -0.25) is 4.79 Å².